The average molecular weight is 363 g/mol. The highest BCUT2D eigenvalue weighted by atomic mass is 19.3. The minimum atomic E-state index is -3.05. The van der Waals surface area contributed by atoms with Crippen LogP contribution in [0.3, 0.4) is 0 Å². The molecule has 1 saturated heterocycles. The van der Waals surface area contributed by atoms with E-state index in [0.717, 1.165) is 6.07 Å². The van der Waals surface area contributed by atoms with E-state index in [9.17, 15) is 18.7 Å². The molecule has 1 N–H and O–H groups in total. The second-order valence-electron chi connectivity index (χ2n) is 5.94. The largest absolute Gasteiger partial charge is 0.492 e. The van der Waals surface area contributed by atoms with Crippen molar-refractivity contribution in [1.82, 2.24) is 20.0 Å². The number of alkyl halides is 2. The summed E-state index contributed by atoms with van der Waals surface area (Å²) in [6.07, 6.45) is -1.93. The number of hydrogen-bond acceptors (Lipinski definition) is 7. The van der Waals surface area contributed by atoms with Crippen LogP contribution in [0, 0.1) is 18.3 Å². The number of carbonyl (C=O) groups is 1. The van der Waals surface area contributed by atoms with Gasteiger partial charge >= 0.3 is 0 Å². The first-order valence-corrected chi connectivity index (χ1v) is 7.92. The van der Waals surface area contributed by atoms with Gasteiger partial charge in [0, 0.05) is 25.9 Å². The molecule has 2 aromatic rings. The number of amides is 1. The average Bonchev–Trinajstić information content (AvgIpc) is 3.07. The van der Waals surface area contributed by atoms with Gasteiger partial charge in [0.05, 0.1) is 5.56 Å². The molecule has 0 saturated carbocycles. The summed E-state index contributed by atoms with van der Waals surface area (Å²) in [7, 11) is 0. The number of pyridine rings is 1. The standard InChI is InChI=1S/C16H15F2N5O3/c1-8-20-14(22-26-8)9-2-4-23(5-3-9)16(25)11-6-10(7-19)15(24)21-12(11)13(17)18/h6,9,13H,2-5H2,1H3,(H,21,24). The number of hydrogen-bond donors (Lipinski definition) is 1. The molecule has 0 aliphatic carbocycles. The van der Waals surface area contributed by atoms with Gasteiger partial charge in [0.25, 0.3) is 12.3 Å². The molecule has 0 bridgehead atoms. The zero-order chi connectivity index (χ0) is 18.8. The first-order chi connectivity index (χ1) is 12.4. The van der Waals surface area contributed by atoms with Crippen molar-refractivity contribution < 1.29 is 23.2 Å². The summed E-state index contributed by atoms with van der Waals surface area (Å²) in [6.45, 7) is 2.33. The van der Waals surface area contributed by atoms with Crippen LogP contribution in [-0.4, -0.2) is 44.1 Å². The van der Waals surface area contributed by atoms with Crippen LogP contribution >= 0.6 is 0 Å². The second kappa shape index (κ2) is 7.03. The molecule has 1 fully saturated rings. The Morgan fingerprint density at radius 3 is 2.65 bits per heavy atom. The van der Waals surface area contributed by atoms with Crippen LogP contribution in [0.5, 0.6) is 5.88 Å². The van der Waals surface area contributed by atoms with Crippen molar-refractivity contribution in [2.24, 2.45) is 0 Å². The maximum absolute atomic E-state index is 13.2. The fourth-order valence-electron chi connectivity index (χ4n) is 2.93. The van der Waals surface area contributed by atoms with E-state index >= 15 is 0 Å². The molecule has 8 nitrogen and oxygen atoms in total. The van der Waals surface area contributed by atoms with Crippen molar-refractivity contribution in [3.8, 4) is 11.9 Å². The van der Waals surface area contributed by atoms with Crippen molar-refractivity contribution in [2.45, 2.75) is 32.1 Å². The summed E-state index contributed by atoms with van der Waals surface area (Å²) in [5.41, 5.74) is -1.53. The predicted octanol–water partition coefficient (Wildman–Crippen LogP) is 2.31. The molecule has 1 amide bonds. The molecule has 0 unspecified atom stereocenters. The normalized spacial score (nSPS) is 15.3. The minimum absolute atomic E-state index is 0.0266. The van der Waals surface area contributed by atoms with Gasteiger partial charge in [-0.2, -0.15) is 10.2 Å². The van der Waals surface area contributed by atoms with E-state index in [0.29, 0.717) is 37.6 Å². The topological polar surface area (TPSA) is 116 Å². The van der Waals surface area contributed by atoms with Crippen molar-refractivity contribution in [3.05, 3.63) is 34.6 Å². The third-order valence-corrected chi connectivity index (χ3v) is 4.28. The van der Waals surface area contributed by atoms with E-state index < -0.39 is 23.9 Å². The van der Waals surface area contributed by atoms with Gasteiger partial charge in [-0.1, -0.05) is 5.16 Å². The Labute approximate surface area is 147 Å². The van der Waals surface area contributed by atoms with Gasteiger partial charge in [-0.05, 0) is 18.9 Å². The Hall–Kier alpha value is -3.09. The zero-order valence-electron chi connectivity index (χ0n) is 13.8. The van der Waals surface area contributed by atoms with Crippen molar-refractivity contribution in [1.29, 1.82) is 5.26 Å². The summed E-state index contributed by atoms with van der Waals surface area (Å²) < 4.78 is 31.4. The fraction of sp³-hybridized carbons (Fsp3) is 0.438. The number of nitriles is 1. The molecule has 2 aromatic heterocycles. The number of aryl methyl sites for hydroxylation is 1. The summed E-state index contributed by atoms with van der Waals surface area (Å²) in [5, 5.41) is 22.3. The van der Waals surface area contributed by atoms with Gasteiger partial charge in [-0.3, -0.25) is 4.79 Å². The Morgan fingerprint density at radius 2 is 2.12 bits per heavy atom. The fourth-order valence-corrected chi connectivity index (χ4v) is 2.93. The quantitative estimate of drug-likeness (QED) is 0.889. The van der Waals surface area contributed by atoms with Gasteiger partial charge in [-0.25, -0.2) is 13.8 Å². The van der Waals surface area contributed by atoms with E-state index in [1.165, 1.54) is 4.90 Å². The number of carbonyl (C=O) groups excluding carboxylic acids is 1. The highest BCUT2D eigenvalue weighted by molar-refractivity contribution is 5.96. The Kier molecular flexibility index (Phi) is 4.79. The summed E-state index contributed by atoms with van der Waals surface area (Å²) in [6, 6.07) is 2.59. The third-order valence-electron chi connectivity index (χ3n) is 4.28. The molecule has 0 aromatic carbocycles. The zero-order valence-corrected chi connectivity index (χ0v) is 13.8. The molecule has 1 aliphatic rings. The highest BCUT2D eigenvalue weighted by Gasteiger charge is 2.31. The summed E-state index contributed by atoms with van der Waals surface area (Å²) in [5.74, 6) is -0.406. The lowest BCUT2D eigenvalue weighted by Gasteiger charge is -2.31. The van der Waals surface area contributed by atoms with Crippen molar-refractivity contribution in [2.75, 3.05) is 13.1 Å². The second-order valence-corrected chi connectivity index (χ2v) is 5.94. The van der Waals surface area contributed by atoms with E-state index in [-0.39, 0.29) is 17.0 Å². The molecule has 1 aliphatic heterocycles. The molecule has 0 radical (unpaired) electrons. The number of rotatable bonds is 3. The molecule has 26 heavy (non-hydrogen) atoms. The number of aromatic hydroxyl groups is 1. The van der Waals surface area contributed by atoms with E-state index in [1.807, 2.05) is 0 Å². The molecule has 10 heteroatoms. The molecule has 0 spiro atoms. The molecule has 3 rings (SSSR count). The van der Waals surface area contributed by atoms with Crippen LogP contribution in [-0.2, 0) is 0 Å². The molecule has 3 heterocycles. The Balaban J connectivity index is 1.79. The van der Waals surface area contributed by atoms with Crippen LogP contribution in [0.1, 0.15) is 58.5 Å². The van der Waals surface area contributed by atoms with Gasteiger partial charge in [0.2, 0.25) is 11.8 Å². The van der Waals surface area contributed by atoms with Gasteiger partial charge < -0.3 is 14.5 Å². The van der Waals surface area contributed by atoms with Gasteiger partial charge in [-0.15, -0.1) is 0 Å². The third kappa shape index (κ3) is 3.33. The van der Waals surface area contributed by atoms with Gasteiger partial charge in [0.1, 0.15) is 17.3 Å². The van der Waals surface area contributed by atoms with Crippen LogP contribution in [0.2, 0.25) is 0 Å². The first-order valence-electron chi connectivity index (χ1n) is 7.92. The number of likely N-dealkylation sites (tertiary alicyclic amines) is 1. The maximum atomic E-state index is 13.2. The Morgan fingerprint density at radius 1 is 1.42 bits per heavy atom. The van der Waals surface area contributed by atoms with E-state index in [2.05, 4.69) is 15.1 Å². The molecule has 136 valence electrons. The van der Waals surface area contributed by atoms with Crippen LogP contribution in [0.15, 0.2) is 10.6 Å². The van der Waals surface area contributed by atoms with Crippen molar-refractivity contribution >= 4 is 5.91 Å². The predicted molar refractivity (Wildman–Crippen MR) is 82.5 cm³/mol. The molecular weight excluding hydrogens is 348 g/mol. The number of halogens is 2. The van der Waals surface area contributed by atoms with Gasteiger partial charge in [0.15, 0.2) is 5.82 Å². The van der Waals surface area contributed by atoms with Crippen LogP contribution in [0.25, 0.3) is 0 Å². The summed E-state index contributed by atoms with van der Waals surface area (Å²) in [4.78, 5) is 21.6. The van der Waals surface area contributed by atoms with Crippen LogP contribution < -0.4 is 0 Å². The lowest BCUT2D eigenvalue weighted by molar-refractivity contribution is 0.0696. The molecule has 0 atom stereocenters. The summed E-state index contributed by atoms with van der Waals surface area (Å²) >= 11 is 0. The number of aromatic nitrogens is 3. The highest BCUT2D eigenvalue weighted by Crippen LogP contribution is 2.30. The number of piperidine rings is 1. The monoisotopic (exact) mass is 363 g/mol. The number of nitrogens with zero attached hydrogens (tertiary/aromatic N) is 5. The first kappa shape index (κ1) is 17.7. The Bertz CT molecular complexity index is 869. The minimum Gasteiger partial charge on any atom is -0.492 e. The smallest absolute Gasteiger partial charge is 0.281 e. The van der Waals surface area contributed by atoms with E-state index in [1.54, 1.807) is 13.0 Å². The maximum Gasteiger partial charge on any atom is 0.281 e. The SMILES string of the molecule is Cc1nc(C2CCN(C(=O)c3cc(C#N)c(O)nc3C(F)F)CC2)no1. The van der Waals surface area contributed by atoms with E-state index in [4.69, 9.17) is 9.78 Å². The molecular formula is C16H15F2N5O3. The van der Waals surface area contributed by atoms with Crippen LogP contribution in [0.4, 0.5) is 8.78 Å². The lowest BCUT2D eigenvalue weighted by atomic mass is 9.95. The lowest BCUT2D eigenvalue weighted by Crippen LogP contribution is -2.38. The van der Waals surface area contributed by atoms with Crippen molar-refractivity contribution in [3.63, 3.8) is 0 Å².